The molecule has 0 saturated carbocycles. The normalized spacial score (nSPS) is 27.8. The van der Waals surface area contributed by atoms with Crippen LogP contribution in [0.3, 0.4) is 0 Å². The van der Waals surface area contributed by atoms with Crippen LogP contribution in [0.4, 0.5) is 0 Å². The Bertz CT molecular complexity index is 116. The van der Waals surface area contributed by atoms with E-state index in [0.717, 1.165) is 6.42 Å². The van der Waals surface area contributed by atoms with Crippen molar-refractivity contribution in [2.75, 3.05) is 7.11 Å². The van der Waals surface area contributed by atoms with Gasteiger partial charge in [0.25, 0.3) is 0 Å². The highest BCUT2D eigenvalue weighted by molar-refractivity contribution is 5.03. The fraction of sp³-hybridized carbons (Fsp3) is 0.750. The molecular formula is C8H14O. The van der Waals surface area contributed by atoms with Gasteiger partial charge in [0.15, 0.2) is 0 Å². The Kier molecular flexibility index (Phi) is 2.29. The minimum Gasteiger partial charge on any atom is -0.381 e. The fourth-order valence-corrected chi connectivity index (χ4v) is 1.26. The van der Waals surface area contributed by atoms with Crippen LogP contribution in [0.5, 0.6) is 0 Å². The van der Waals surface area contributed by atoms with Crippen molar-refractivity contribution in [1.29, 1.82) is 0 Å². The van der Waals surface area contributed by atoms with E-state index in [9.17, 15) is 0 Å². The second kappa shape index (κ2) is 3.02. The first-order chi connectivity index (χ1) is 4.33. The maximum Gasteiger partial charge on any atom is 0.0611 e. The van der Waals surface area contributed by atoms with E-state index in [2.05, 4.69) is 13.0 Å². The molecule has 0 aromatic rings. The molecule has 0 N–H and O–H groups in total. The molecule has 0 aromatic heterocycles. The highest BCUT2D eigenvalue weighted by atomic mass is 16.5. The standard InChI is InChI=1S/C8H14O/c1-7-4-3-5-8(6-7)9-2/h4,8H,3,5-6H2,1-2H3/t8-/m1/s1. The van der Waals surface area contributed by atoms with E-state index >= 15 is 0 Å². The van der Waals surface area contributed by atoms with Crippen LogP contribution in [-0.4, -0.2) is 13.2 Å². The number of hydrogen-bond acceptors (Lipinski definition) is 1. The van der Waals surface area contributed by atoms with E-state index in [1.165, 1.54) is 18.4 Å². The van der Waals surface area contributed by atoms with Gasteiger partial charge in [-0.3, -0.25) is 0 Å². The molecule has 1 aliphatic carbocycles. The second-order valence-electron chi connectivity index (χ2n) is 2.69. The van der Waals surface area contributed by atoms with Crippen LogP contribution in [0, 0.1) is 0 Å². The van der Waals surface area contributed by atoms with Crippen LogP contribution >= 0.6 is 0 Å². The second-order valence-corrected chi connectivity index (χ2v) is 2.69. The lowest BCUT2D eigenvalue weighted by atomic mass is 9.98. The first-order valence-corrected chi connectivity index (χ1v) is 3.51. The molecule has 1 heteroatoms. The van der Waals surface area contributed by atoms with Gasteiger partial charge in [-0.15, -0.1) is 0 Å². The molecule has 0 fully saturated rings. The zero-order valence-corrected chi connectivity index (χ0v) is 6.18. The van der Waals surface area contributed by atoms with Gasteiger partial charge in [0, 0.05) is 7.11 Å². The van der Waals surface area contributed by atoms with Gasteiger partial charge in [-0.1, -0.05) is 11.6 Å². The zero-order valence-electron chi connectivity index (χ0n) is 6.18. The Morgan fingerprint density at radius 2 is 2.44 bits per heavy atom. The molecule has 0 aromatic carbocycles. The molecule has 1 atom stereocenters. The molecule has 0 aliphatic heterocycles. The van der Waals surface area contributed by atoms with Gasteiger partial charge in [-0.2, -0.15) is 0 Å². The average Bonchev–Trinajstić information content (AvgIpc) is 1.88. The number of hydrogen-bond donors (Lipinski definition) is 0. The summed E-state index contributed by atoms with van der Waals surface area (Å²) in [6, 6.07) is 0. The highest BCUT2D eigenvalue weighted by Gasteiger charge is 2.10. The number of ether oxygens (including phenoxy) is 1. The first kappa shape index (κ1) is 6.81. The van der Waals surface area contributed by atoms with Gasteiger partial charge in [0.05, 0.1) is 6.10 Å². The van der Waals surface area contributed by atoms with Gasteiger partial charge in [-0.05, 0) is 26.2 Å². The maximum absolute atomic E-state index is 5.22. The summed E-state index contributed by atoms with van der Waals surface area (Å²) >= 11 is 0. The van der Waals surface area contributed by atoms with Gasteiger partial charge in [0.2, 0.25) is 0 Å². The van der Waals surface area contributed by atoms with E-state index in [1.807, 2.05) is 0 Å². The summed E-state index contributed by atoms with van der Waals surface area (Å²) in [6.07, 6.45) is 6.33. The lowest BCUT2D eigenvalue weighted by Gasteiger charge is -2.18. The van der Waals surface area contributed by atoms with Crippen LogP contribution in [0.2, 0.25) is 0 Å². The first-order valence-electron chi connectivity index (χ1n) is 3.51. The smallest absolute Gasteiger partial charge is 0.0611 e. The molecule has 9 heavy (non-hydrogen) atoms. The van der Waals surface area contributed by atoms with Gasteiger partial charge >= 0.3 is 0 Å². The summed E-state index contributed by atoms with van der Waals surface area (Å²) in [4.78, 5) is 0. The minimum absolute atomic E-state index is 0.495. The number of methoxy groups -OCH3 is 1. The fourth-order valence-electron chi connectivity index (χ4n) is 1.26. The molecule has 0 heterocycles. The van der Waals surface area contributed by atoms with Crippen molar-refractivity contribution in [3.8, 4) is 0 Å². The molecule has 1 aliphatic rings. The summed E-state index contributed by atoms with van der Waals surface area (Å²) in [5.41, 5.74) is 1.48. The van der Waals surface area contributed by atoms with Crippen LogP contribution in [0.15, 0.2) is 11.6 Å². The lowest BCUT2D eigenvalue weighted by Crippen LogP contribution is -2.13. The Labute approximate surface area is 56.7 Å². The van der Waals surface area contributed by atoms with E-state index in [1.54, 1.807) is 7.11 Å². The number of rotatable bonds is 1. The molecular weight excluding hydrogens is 112 g/mol. The third kappa shape index (κ3) is 1.83. The van der Waals surface area contributed by atoms with E-state index < -0.39 is 0 Å². The maximum atomic E-state index is 5.22. The van der Waals surface area contributed by atoms with Crippen LogP contribution < -0.4 is 0 Å². The van der Waals surface area contributed by atoms with Crippen molar-refractivity contribution in [2.45, 2.75) is 32.3 Å². The molecule has 0 radical (unpaired) electrons. The molecule has 1 nitrogen and oxygen atoms in total. The topological polar surface area (TPSA) is 9.23 Å². The summed E-state index contributed by atoms with van der Waals surface area (Å²) in [7, 11) is 1.79. The minimum atomic E-state index is 0.495. The van der Waals surface area contributed by atoms with E-state index in [0.29, 0.717) is 6.10 Å². The molecule has 1 rings (SSSR count). The summed E-state index contributed by atoms with van der Waals surface area (Å²) in [5.74, 6) is 0. The summed E-state index contributed by atoms with van der Waals surface area (Å²) in [6.45, 7) is 2.17. The zero-order chi connectivity index (χ0) is 6.69. The summed E-state index contributed by atoms with van der Waals surface area (Å²) in [5, 5.41) is 0. The van der Waals surface area contributed by atoms with Crippen molar-refractivity contribution in [3.63, 3.8) is 0 Å². The van der Waals surface area contributed by atoms with Crippen LogP contribution in [0.1, 0.15) is 26.2 Å². The van der Waals surface area contributed by atoms with Crippen molar-refractivity contribution in [1.82, 2.24) is 0 Å². The van der Waals surface area contributed by atoms with Gasteiger partial charge < -0.3 is 4.74 Å². The van der Waals surface area contributed by atoms with Gasteiger partial charge in [-0.25, -0.2) is 0 Å². The predicted octanol–water partition coefficient (Wildman–Crippen LogP) is 2.13. The van der Waals surface area contributed by atoms with Crippen molar-refractivity contribution >= 4 is 0 Å². The Morgan fingerprint density at radius 1 is 1.67 bits per heavy atom. The monoisotopic (exact) mass is 126 g/mol. The molecule has 0 bridgehead atoms. The molecule has 52 valence electrons. The molecule has 0 amide bonds. The highest BCUT2D eigenvalue weighted by Crippen LogP contribution is 2.19. The van der Waals surface area contributed by atoms with Crippen molar-refractivity contribution in [2.24, 2.45) is 0 Å². The quantitative estimate of drug-likeness (QED) is 0.489. The van der Waals surface area contributed by atoms with Crippen LogP contribution in [0.25, 0.3) is 0 Å². The predicted molar refractivity (Wildman–Crippen MR) is 38.4 cm³/mol. The third-order valence-corrected chi connectivity index (χ3v) is 1.86. The van der Waals surface area contributed by atoms with Crippen molar-refractivity contribution in [3.05, 3.63) is 11.6 Å². The molecule has 0 saturated heterocycles. The van der Waals surface area contributed by atoms with E-state index in [-0.39, 0.29) is 0 Å². The van der Waals surface area contributed by atoms with E-state index in [4.69, 9.17) is 4.74 Å². The van der Waals surface area contributed by atoms with Crippen LogP contribution in [-0.2, 0) is 4.74 Å². The molecule has 0 unspecified atom stereocenters. The Morgan fingerprint density at radius 3 is 2.89 bits per heavy atom. The Hall–Kier alpha value is -0.300. The Balaban J connectivity index is 2.39. The molecule has 0 spiro atoms. The SMILES string of the molecule is CO[C@@H]1CCC=C(C)C1. The van der Waals surface area contributed by atoms with Crippen molar-refractivity contribution < 1.29 is 4.74 Å². The van der Waals surface area contributed by atoms with Gasteiger partial charge in [0.1, 0.15) is 0 Å². The largest absolute Gasteiger partial charge is 0.381 e. The third-order valence-electron chi connectivity index (χ3n) is 1.86. The number of allylic oxidation sites excluding steroid dienone is 1. The lowest BCUT2D eigenvalue weighted by molar-refractivity contribution is 0.0926. The average molecular weight is 126 g/mol. The summed E-state index contributed by atoms with van der Waals surface area (Å²) < 4.78 is 5.22.